The molecule has 11 aromatic rings. The molecule has 3 aliphatic rings. The van der Waals surface area contributed by atoms with Crippen LogP contribution in [0, 0.1) is 0 Å². The van der Waals surface area contributed by atoms with Crippen LogP contribution in [0.1, 0.15) is 47.2 Å². The van der Waals surface area contributed by atoms with E-state index in [1.807, 2.05) is 36.4 Å². The maximum Gasteiger partial charge on any atom is 0.164 e. The number of benzene rings is 9. The van der Waals surface area contributed by atoms with Gasteiger partial charge in [-0.05, 0) is 90.7 Å². The summed E-state index contributed by atoms with van der Waals surface area (Å²) in [6.07, 6.45) is 0. The summed E-state index contributed by atoms with van der Waals surface area (Å²) in [6.45, 7) is 4.72. The third kappa shape index (κ3) is 4.42. The Morgan fingerprint density at radius 2 is 0.889 bits per heavy atom. The Kier molecular flexibility index (Phi) is 6.80. The van der Waals surface area contributed by atoms with E-state index < -0.39 is 5.41 Å². The third-order valence-corrected chi connectivity index (χ3v) is 14.4. The van der Waals surface area contributed by atoms with Gasteiger partial charge in [0, 0.05) is 38.6 Å². The lowest BCUT2D eigenvalue weighted by Crippen LogP contribution is -2.30. The minimum absolute atomic E-state index is 0.284. The van der Waals surface area contributed by atoms with Crippen molar-refractivity contribution in [1.82, 2.24) is 19.5 Å². The van der Waals surface area contributed by atoms with Gasteiger partial charge >= 0.3 is 0 Å². The maximum atomic E-state index is 5.37. The molecule has 0 saturated carbocycles. The van der Waals surface area contributed by atoms with E-state index >= 15 is 0 Å². The molecular formula is C59H38N4. The van der Waals surface area contributed by atoms with Gasteiger partial charge in [0.1, 0.15) is 0 Å². The minimum atomic E-state index is -0.473. The molecule has 0 radical (unpaired) electrons. The summed E-state index contributed by atoms with van der Waals surface area (Å²) in [5.41, 5.74) is 18.6. The quantitative estimate of drug-likeness (QED) is 0.178. The number of rotatable bonds is 4. The first-order valence-corrected chi connectivity index (χ1v) is 21.9. The fourth-order valence-corrected chi connectivity index (χ4v) is 11.8. The number of nitrogens with zero attached hydrogens (tertiary/aromatic N) is 4. The SMILES string of the molecule is CC1(C)c2ccccc2-c2c(-c3nc(-c4ccccc4)nc(-c4ccccc4)n3)cc(-n3c4cccc5c4c4c6c(cccc6ccc43)C53c4ccccc4-c4ccccc43)cc21. The molecule has 0 atom stereocenters. The van der Waals surface area contributed by atoms with Crippen LogP contribution in [-0.4, -0.2) is 19.5 Å². The Hall–Kier alpha value is -7.95. The van der Waals surface area contributed by atoms with Crippen LogP contribution in [0.2, 0.25) is 0 Å². The first-order chi connectivity index (χ1) is 31.0. The predicted molar refractivity (Wildman–Crippen MR) is 256 cm³/mol. The molecule has 3 aliphatic carbocycles. The third-order valence-electron chi connectivity index (χ3n) is 14.4. The topological polar surface area (TPSA) is 43.6 Å². The highest BCUT2D eigenvalue weighted by molar-refractivity contribution is 6.26. The van der Waals surface area contributed by atoms with Gasteiger partial charge in [0.2, 0.25) is 0 Å². The standard InChI is InChI=1S/C59H38N4/c1-58(2)43-25-12-11-24-41(43)52-42(57-61-55(36-17-5-3-6-18-36)60-56(62-57)37-19-7-4-8-20-37)33-38(34-48(52)58)63-49-30-16-29-47-53(49)54-50(63)32-31-35-21-15-28-46(51(35)54)59(47)44-26-13-9-22-39(44)40-23-10-14-27-45(40)59/h3-34H,1-2H3. The Morgan fingerprint density at radius 3 is 1.56 bits per heavy atom. The second-order valence-corrected chi connectivity index (χ2v) is 17.9. The molecule has 0 saturated heterocycles. The van der Waals surface area contributed by atoms with Crippen molar-refractivity contribution in [2.24, 2.45) is 0 Å². The molecule has 0 aliphatic heterocycles. The summed E-state index contributed by atoms with van der Waals surface area (Å²) in [6, 6.07) is 71.0. The fraction of sp³-hybridized carbons (Fsp3) is 0.0678. The average molecular weight is 803 g/mol. The molecule has 0 fully saturated rings. The Bertz CT molecular complexity index is 3660. The van der Waals surface area contributed by atoms with Crippen LogP contribution in [0.4, 0.5) is 0 Å². The molecule has 2 aromatic heterocycles. The Morgan fingerprint density at radius 1 is 0.365 bits per heavy atom. The largest absolute Gasteiger partial charge is 0.309 e. The molecule has 2 heterocycles. The van der Waals surface area contributed by atoms with E-state index in [-0.39, 0.29) is 5.41 Å². The van der Waals surface area contributed by atoms with Crippen molar-refractivity contribution >= 4 is 32.6 Å². The van der Waals surface area contributed by atoms with Gasteiger partial charge in [-0.15, -0.1) is 0 Å². The zero-order valence-electron chi connectivity index (χ0n) is 34.8. The lowest BCUT2D eigenvalue weighted by molar-refractivity contribution is 0.660. The van der Waals surface area contributed by atoms with Crippen molar-refractivity contribution in [2.45, 2.75) is 24.7 Å². The predicted octanol–water partition coefficient (Wildman–Crippen LogP) is 14.1. The van der Waals surface area contributed by atoms with Gasteiger partial charge in [-0.1, -0.05) is 184 Å². The summed E-state index contributed by atoms with van der Waals surface area (Å²) in [7, 11) is 0. The molecule has 9 aromatic carbocycles. The number of hydrogen-bond donors (Lipinski definition) is 0. The molecule has 0 unspecified atom stereocenters. The zero-order valence-corrected chi connectivity index (χ0v) is 34.8. The van der Waals surface area contributed by atoms with E-state index in [1.54, 1.807) is 0 Å². The van der Waals surface area contributed by atoms with Crippen molar-refractivity contribution < 1.29 is 0 Å². The van der Waals surface area contributed by atoms with E-state index in [2.05, 4.69) is 176 Å². The van der Waals surface area contributed by atoms with Crippen molar-refractivity contribution in [2.75, 3.05) is 0 Å². The van der Waals surface area contributed by atoms with Gasteiger partial charge in [-0.3, -0.25) is 0 Å². The highest BCUT2D eigenvalue weighted by Gasteiger charge is 2.50. The highest BCUT2D eigenvalue weighted by atomic mass is 15.0. The molecule has 14 rings (SSSR count). The van der Waals surface area contributed by atoms with Crippen molar-refractivity contribution in [3.05, 3.63) is 228 Å². The second kappa shape index (κ2) is 12.3. The monoisotopic (exact) mass is 802 g/mol. The lowest BCUT2D eigenvalue weighted by atomic mass is 9.63. The van der Waals surface area contributed by atoms with E-state index in [4.69, 9.17) is 15.0 Å². The zero-order chi connectivity index (χ0) is 41.6. The maximum absolute atomic E-state index is 5.37. The van der Waals surface area contributed by atoms with Crippen molar-refractivity contribution in [3.8, 4) is 62.1 Å². The normalized spacial score (nSPS) is 14.4. The van der Waals surface area contributed by atoms with Crippen molar-refractivity contribution in [3.63, 3.8) is 0 Å². The van der Waals surface area contributed by atoms with Gasteiger partial charge in [0.05, 0.1) is 16.4 Å². The van der Waals surface area contributed by atoms with Crippen LogP contribution in [-0.2, 0) is 10.8 Å². The summed E-state index contributed by atoms with van der Waals surface area (Å²) in [4.78, 5) is 15.8. The molecule has 63 heavy (non-hydrogen) atoms. The van der Waals surface area contributed by atoms with Crippen LogP contribution in [0.5, 0.6) is 0 Å². The Balaban J connectivity index is 1.12. The number of fused-ring (bicyclic) bond motifs is 10. The number of aromatic nitrogens is 4. The molecule has 4 heteroatoms. The molecule has 0 amide bonds. The molecule has 0 N–H and O–H groups in total. The molecule has 1 spiro atoms. The first-order valence-electron chi connectivity index (χ1n) is 21.9. The van der Waals surface area contributed by atoms with Gasteiger partial charge < -0.3 is 4.57 Å². The Labute approximate surface area is 364 Å². The smallest absolute Gasteiger partial charge is 0.164 e. The van der Waals surface area contributed by atoms with Crippen LogP contribution in [0.15, 0.2) is 194 Å². The average Bonchev–Trinajstić information content (AvgIpc) is 3.93. The van der Waals surface area contributed by atoms with Crippen LogP contribution < -0.4 is 0 Å². The molecule has 0 bridgehead atoms. The molecule has 294 valence electrons. The minimum Gasteiger partial charge on any atom is -0.309 e. The summed E-state index contributed by atoms with van der Waals surface area (Å²) in [5, 5.41) is 5.21. The van der Waals surface area contributed by atoms with Crippen LogP contribution in [0.25, 0.3) is 94.7 Å². The van der Waals surface area contributed by atoms with E-state index in [1.165, 1.54) is 88.2 Å². The van der Waals surface area contributed by atoms with Gasteiger partial charge in [0.15, 0.2) is 17.5 Å². The van der Waals surface area contributed by atoms with Crippen LogP contribution in [0.3, 0.4) is 0 Å². The van der Waals surface area contributed by atoms with Crippen molar-refractivity contribution in [1.29, 1.82) is 0 Å². The van der Waals surface area contributed by atoms with E-state index in [9.17, 15) is 0 Å². The lowest BCUT2D eigenvalue weighted by Gasteiger charge is -2.37. The fourth-order valence-electron chi connectivity index (χ4n) is 11.8. The molecular weight excluding hydrogens is 765 g/mol. The summed E-state index contributed by atoms with van der Waals surface area (Å²) < 4.78 is 2.52. The van der Waals surface area contributed by atoms with Crippen LogP contribution >= 0.6 is 0 Å². The number of hydrogen-bond acceptors (Lipinski definition) is 3. The van der Waals surface area contributed by atoms with E-state index in [0.29, 0.717) is 17.5 Å². The summed E-state index contributed by atoms with van der Waals surface area (Å²) >= 11 is 0. The molecule has 4 nitrogen and oxygen atoms in total. The van der Waals surface area contributed by atoms with Gasteiger partial charge in [-0.2, -0.15) is 0 Å². The summed E-state index contributed by atoms with van der Waals surface area (Å²) in [5.74, 6) is 1.96. The second-order valence-electron chi connectivity index (χ2n) is 17.9. The highest BCUT2D eigenvalue weighted by Crippen LogP contribution is 2.62. The van der Waals surface area contributed by atoms with E-state index in [0.717, 1.165) is 22.4 Å². The first kappa shape index (κ1) is 34.7. The van der Waals surface area contributed by atoms with Gasteiger partial charge in [-0.25, -0.2) is 15.0 Å². The van der Waals surface area contributed by atoms with Gasteiger partial charge in [0.25, 0.3) is 0 Å².